The van der Waals surface area contributed by atoms with Crippen LogP contribution in [0, 0.1) is 5.92 Å². The largest absolute Gasteiger partial charge is 0.489 e. The van der Waals surface area contributed by atoms with Crippen LogP contribution in [0.3, 0.4) is 0 Å². The number of hydrogen-bond donors (Lipinski definition) is 2. The second-order valence-corrected chi connectivity index (χ2v) is 8.49. The van der Waals surface area contributed by atoms with Crippen molar-refractivity contribution in [3.63, 3.8) is 0 Å². The van der Waals surface area contributed by atoms with Crippen LogP contribution in [0.4, 0.5) is 5.69 Å². The van der Waals surface area contributed by atoms with Gasteiger partial charge in [-0.15, -0.1) is 0 Å². The van der Waals surface area contributed by atoms with Crippen molar-refractivity contribution < 1.29 is 14.6 Å². The third-order valence-corrected chi connectivity index (χ3v) is 6.26. The number of aliphatic hydroxyl groups is 1. The molecule has 1 atom stereocenters. The lowest BCUT2D eigenvalue weighted by Crippen LogP contribution is -2.49. The Morgan fingerprint density at radius 3 is 2.57 bits per heavy atom. The van der Waals surface area contributed by atoms with E-state index in [-0.39, 0.29) is 24.0 Å². The Bertz CT molecular complexity index is 812. The van der Waals surface area contributed by atoms with E-state index in [0.29, 0.717) is 6.61 Å². The van der Waals surface area contributed by atoms with Crippen LogP contribution in [0.1, 0.15) is 44.1 Å². The molecule has 1 saturated carbocycles. The van der Waals surface area contributed by atoms with Crippen molar-refractivity contribution in [2.45, 2.75) is 57.3 Å². The SMILES string of the molecule is O=C([C@H]1CCCNC1)N(c1cccc(OCc2ccccc2)c1)C1CCC(O)CC1. The maximum absolute atomic E-state index is 13.6. The van der Waals surface area contributed by atoms with Gasteiger partial charge in [0.1, 0.15) is 12.4 Å². The number of piperidine rings is 1. The number of hydrogen-bond acceptors (Lipinski definition) is 4. The Labute approximate surface area is 179 Å². The standard InChI is InChI=1S/C25H32N2O3/c28-23-13-11-21(12-14-23)27(25(29)20-8-5-15-26-17-20)22-9-4-10-24(16-22)30-18-19-6-2-1-3-7-19/h1-4,6-7,9-10,16,20-21,23,26,28H,5,8,11-15,17-18H2/t20-,21?,23?/m0/s1. The van der Waals surface area contributed by atoms with E-state index in [4.69, 9.17) is 4.74 Å². The van der Waals surface area contributed by atoms with Gasteiger partial charge in [0.25, 0.3) is 0 Å². The molecule has 0 radical (unpaired) electrons. The lowest BCUT2D eigenvalue weighted by atomic mass is 9.89. The summed E-state index contributed by atoms with van der Waals surface area (Å²) in [5.41, 5.74) is 2.02. The average molecular weight is 409 g/mol. The van der Waals surface area contributed by atoms with Crippen molar-refractivity contribution in [1.82, 2.24) is 5.32 Å². The number of benzene rings is 2. The molecule has 2 aromatic rings. The highest BCUT2D eigenvalue weighted by Gasteiger charge is 2.34. The van der Waals surface area contributed by atoms with E-state index in [1.54, 1.807) is 0 Å². The van der Waals surface area contributed by atoms with E-state index >= 15 is 0 Å². The summed E-state index contributed by atoms with van der Waals surface area (Å²) in [4.78, 5) is 15.6. The Balaban J connectivity index is 1.54. The number of carbonyl (C=O) groups is 1. The molecule has 5 heteroatoms. The van der Waals surface area contributed by atoms with Crippen molar-refractivity contribution >= 4 is 11.6 Å². The highest BCUT2D eigenvalue weighted by molar-refractivity contribution is 5.96. The van der Waals surface area contributed by atoms with E-state index in [1.165, 1.54) is 0 Å². The summed E-state index contributed by atoms with van der Waals surface area (Å²) >= 11 is 0. The van der Waals surface area contributed by atoms with Gasteiger partial charge >= 0.3 is 0 Å². The molecule has 4 rings (SSSR count). The van der Waals surface area contributed by atoms with Gasteiger partial charge in [0.2, 0.25) is 5.91 Å². The molecule has 2 aromatic carbocycles. The first-order valence-electron chi connectivity index (χ1n) is 11.2. The van der Waals surface area contributed by atoms with Gasteiger partial charge in [-0.25, -0.2) is 0 Å². The average Bonchev–Trinajstić information content (AvgIpc) is 2.81. The first-order chi connectivity index (χ1) is 14.7. The molecule has 30 heavy (non-hydrogen) atoms. The predicted octanol–water partition coefficient (Wildman–Crippen LogP) is 3.90. The van der Waals surface area contributed by atoms with E-state index < -0.39 is 0 Å². The second-order valence-electron chi connectivity index (χ2n) is 8.49. The number of nitrogens with zero attached hydrogens (tertiary/aromatic N) is 1. The van der Waals surface area contributed by atoms with Gasteiger partial charge in [-0.1, -0.05) is 36.4 Å². The molecule has 160 valence electrons. The summed E-state index contributed by atoms with van der Waals surface area (Å²) in [5.74, 6) is 0.982. The van der Waals surface area contributed by atoms with Gasteiger partial charge in [-0.05, 0) is 62.8 Å². The quantitative estimate of drug-likeness (QED) is 0.761. The van der Waals surface area contributed by atoms with Gasteiger partial charge in [-0.2, -0.15) is 0 Å². The minimum atomic E-state index is -0.241. The fourth-order valence-corrected chi connectivity index (χ4v) is 4.56. The minimum Gasteiger partial charge on any atom is -0.489 e. The van der Waals surface area contributed by atoms with Gasteiger partial charge < -0.3 is 20.1 Å². The van der Waals surface area contributed by atoms with Crippen LogP contribution in [-0.4, -0.2) is 36.2 Å². The number of amides is 1. The normalized spacial score (nSPS) is 24.2. The third-order valence-electron chi connectivity index (χ3n) is 6.26. The number of ether oxygens (including phenoxy) is 1. The molecule has 5 nitrogen and oxygen atoms in total. The highest BCUT2D eigenvalue weighted by Crippen LogP contribution is 2.32. The van der Waals surface area contributed by atoms with Gasteiger partial charge in [0.15, 0.2) is 0 Å². The monoisotopic (exact) mass is 408 g/mol. The topological polar surface area (TPSA) is 61.8 Å². The third kappa shape index (κ3) is 5.21. The van der Waals surface area contributed by atoms with Crippen LogP contribution in [-0.2, 0) is 11.4 Å². The zero-order valence-electron chi connectivity index (χ0n) is 17.5. The minimum absolute atomic E-state index is 0.0134. The fourth-order valence-electron chi connectivity index (χ4n) is 4.56. The molecule has 1 aliphatic carbocycles. The smallest absolute Gasteiger partial charge is 0.231 e. The van der Waals surface area contributed by atoms with Crippen LogP contribution in [0.25, 0.3) is 0 Å². The predicted molar refractivity (Wildman–Crippen MR) is 119 cm³/mol. The molecule has 0 bridgehead atoms. The Kier molecular flexibility index (Phi) is 7.03. The lowest BCUT2D eigenvalue weighted by Gasteiger charge is -2.38. The van der Waals surface area contributed by atoms with Gasteiger partial charge in [0, 0.05) is 24.3 Å². The molecule has 1 amide bonds. The number of aliphatic hydroxyl groups excluding tert-OH is 1. The van der Waals surface area contributed by atoms with Gasteiger partial charge in [0.05, 0.1) is 12.0 Å². The van der Waals surface area contributed by atoms with E-state index in [9.17, 15) is 9.90 Å². The maximum Gasteiger partial charge on any atom is 0.231 e. The molecule has 2 fully saturated rings. The molecule has 1 aliphatic heterocycles. The number of rotatable bonds is 6. The van der Waals surface area contributed by atoms with Crippen molar-refractivity contribution in [1.29, 1.82) is 0 Å². The summed E-state index contributed by atoms with van der Waals surface area (Å²) in [5, 5.41) is 13.3. The Morgan fingerprint density at radius 1 is 1.03 bits per heavy atom. The number of nitrogens with one attached hydrogen (secondary N) is 1. The van der Waals surface area contributed by atoms with E-state index in [0.717, 1.165) is 68.6 Å². The van der Waals surface area contributed by atoms with E-state index in [2.05, 4.69) is 5.32 Å². The molecule has 0 spiro atoms. The second kappa shape index (κ2) is 10.1. The molecule has 0 aromatic heterocycles. The Hall–Kier alpha value is -2.37. The first-order valence-corrected chi connectivity index (χ1v) is 11.2. The number of carbonyl (C=O) groups excluding carboxylic acids is 1. The van der Waals surface area contributed by atoms with Crippen LogP contribution in [0.5, 0.6) is 5.75 Å². The fraction of sp³-hybridized carbons (Fsp3) is 0.480. The first kappa shape index (κ1) is 20.9. The number of anilines is 1. The summed E-state index contributed by atoms with van der Waals surface area (Å²) in [6, 6.07) is 18.1. The molecule has 2 aliphatic rings. The summed E-state index contributed by atoms with van der Waals surface area (Å²) < 4.78 is 6.02. The van der Waals surface area contributed by atoms with Crippen molar-refractivity contribution in [3.05, 3.63) is 60.2 Å². The lowest BCUT2D eigenvalue weighted by molar-refractivity contribution is -0.123. The maximum atomic E-state index is 13.6. The molecule has 1 saturated heterocycles. The molecular weight excluding hydrogens is 376 g/mol. The van der Waals surface area contributed by atoms with Crippen LogP contribution in [0.15, 0.2) is 54.6 Å². The van der Waals surface area contributed by atoms with Crippen LogP contribution >= 0.6 is 0 Å². The zero-order chi connectivity index (χ0) is 20.8. The summed E-state index contributed by atoms with van der Waals surface area (Å²) in [6.07, 6.45) is 4.90. The Morgan fingerprint density at radius 2 is 1.83 bits per heavy atom. The zero-order valence-corrected chi connectivity index (χ0v) is 17.5. The highest BCUT2D eigenvalue weighted by atomic mass is 16.5. The summed E-state index contributed by atoms with van der Waals surface area (Å²) in [6.45, 7) is 2.23. The van der Waals surface area contributed by atoms with Crippen molar-refractivity contribution in [2.24, 2.45) is 5.92 Å². The van der Waals surface area contributed by atoms with Crippen LogP contribution in [0.2, 0.25) is 0 Å². The van der Waals surface area contributed by atoms with Gasteiger partial charge in [-0.3, -0.25) is 4.79 Å². The van der Waals surface area contributed by atoms with Crippen molar-refractivity contribution in [3.8, 4) is 5.75 Å². The van der Waals surface area contributed by atoms with Crippen molar-refractivity contribution in [2.75, 3.05) is 18.0 Å². The van der Waals surface area contributed by atoms with Crippen LogP contribution < -0.4 is 15.0 Å². The molecular formula is C25H32N2O3. The molecule has 1 heterocycles. The van der Waals surface area contributed by atoms with E-state index in [1.807, 2.05) is 59.5 Å². The summed E-state index contributed by atoms with van der Waals surface area (Å²) in [7, 11) is 0. The molecule has 2 N–H and O–H groups in total. The molecule has 0 unspecified atom stereocenters.